The molecule has 0 bridgehead atoms. The summed E-state index contributed by atoms with van der Waals surface area (Å²) in [6.07, 6.45) is 2.79. The first kappa shape index (κ1) is 22.7. The third-order valence-corrected chi connectivity index (χ3v) is 5.03. The molecule has 2 rings (SSSR count). The summed E-state index contributed by atoms with van der Waals surface area (Å²) in [5.74, 6) is 0.449. The number of ether oxygens (including phenoxy) is 2. The lowest BCUT2D eigenvalue weighted by molar-refractivity contribution is -0.123. The van der Waals surface area contributed by atoms with Crippen molar-refractivity contribution in [2.45, 2.75) is 46.1 Å². The number of unbranched alkanes of at least 4 members (excludes halogenated alkanes) is 1. The Balaban J connectivity index is 1.79. The lowest BCUT2D eigenvalue weighted by Gasteiger charge is -2.13. The number of methoxy groups -OCH3 is 1. The molecule has 1 aromatic heterocycles. The molecule has 0 saturated heterocycles. The van der Waals surface area contributed by atoms with Crippen LogP contribution in [0.3, 0.4) is 0 Å². The average molecular weight is 420 g/mol. The number of benzene rings is 1. The molecule has 1 aromatic carbocycles. The van der Waals surface area contributed by atoms with Crippen molar-refractivity contribution >= 4 is 23.2 Å². The van der Waals surface area contributed by atoms with Crippen molar-refractivity contribution in [3.8, 4) is 11.5 Å². The molecule has 158 valence electrons. The third kappa shape index (κ3) is 7.73. The van der Waals surface area contributed by atoms with Gasteiger partial charge in [0.2, 0.25) is 0 Å². The summed E-state index contributed by atoms with van der Waals surface area (Å²) in [5, 5.41) is 8.86. The Bertz CT molecular complexity index is 820. The molecule has 0 aliphatic carbocycles. The number of thiazole rings is 1. The van der Waals surface area contributed by atoms with Crippen molar-refractivity contribution in [1.82, 2.24) is 15.6 Å². The maximum Gasteiger partial charge on any atom is 0.258 e. The van der Waals surface area contributed by atoms with E-state index in [0.717, 1.165) is 30.0 Å². The fourth-order valence-electron chi connectivity index (χ4n) is 2.66. The highest BCUT2D eigenvalue weighted by Crippen LogP contribution is 2.28. The normalized spacial score (nSPS) is 10.7. The molecule has 0 aliphatic rings. The molecule has 0 radical (unpaired) electrons. The van der Waals surface area contributed by atoms with Gasteiger partial charge in [-0.1, -0.05) is 0 Å². The SMILES string of the molecule is COc1cc(C(=O)NCCCCc2nc(C)cs2)ccc1OCC(=O)NC(C)C. The first-order valence-corrected chi connectivity index (χ1v) is 10.6. The van der Waals surface area contributed by atoms with E-state index in [-0.39, 0.29) is 24.5 Å². The van der Waals surface area contributed by atoms with Crippen LogP contribution in [0.2, 0.25) is 0 Å². The number of aryl methyl sites for hydroxylation is 2. The number of nitrogens with zero attached hydrogens (tertiary/aromatic N) is 1. The predicted molar refractivity (Wildman–Crippen MR) is 114 cm³/mol. The monoisotopic (exact) mass is 419 g/mol. The molecular formula is C21H29N3O4S. The number of amides is 2. The molecule has 7 nitrogen and oxygen atoms in total. The van der Waals surface area contributed by atoms with Gasteiger partial charge in [0.05, 0.1) is 12.1 Å². The summed E-state index contributed by atoms with van der Waals surface area (Å²) in [7, 11) is 1.50. The van der Waals surface area contributed by atoms with Gasteiger partial charge < -0.3 is 20.1 Å². The van der Waals surface area contributed by atoms with Crippen molar-refractivity contribution in [3.63, 3.8) is 0 Å². The van der Waals surface area contributed by atoms with E-state index in [2.05, 4.69) is 21.0 Å². The Labute approximate surface area is 175 Å². The Morgan fingerprint density at radius 3 is 2.66 bits per heavy atom. The number of rotatable bonds is 11. The van der Waals surface area contributed by atoms with Crippen LogP contribution in [0, 0.1) is 6.92 Å². The first-order valence-electron chi connectivity index (χ1n) is 9.68. The maximum absolute atomic E-state index is 12.4. The van der Waals surface area contributed by atoms with Crippen molar-refractivity contribution in [2.24, 2.45) is 0 Å². The fraction of sp³-hybridized carbons (Fsp3) is 0.476. The minimum atomic E-state index is -0.211. The molecule has 0 fully saturated rings. The van der Waals surface area contributed by atoms with Gasteiger partial charge in [-0.15, -0.1) is 11.3 Å². The molecule has 2 aromatic rings. The molecule has 0 unspecified atom stereocenters. The molecule has 8 heteroatoms. The predicted octanol–water partition coefficient (Wildman–Crippen LogP) is 3.12. The van der Waals surface area contributed by atoms with Gasteiger partial charge in [-0.25, -0.2) is 4.98 Å². The number of aromatic nitrogens is 1. The quantitative estimate of drug-likeness (QED) is 0.546. The van der Waals surface area contributed by atoms with E-state index in [1.165, 1.54) is 7.11 Å². The van der Waals surface area contributed by atoms with Crippen LogP contribution in [0.4, 0.5) is 0 Å². The molecule has 1 heterocycles. The van der Waals surface area contributed by atoms with Gasteiger partial charge in [0.1, 0.15) is 0 Å². The van der Waals surface area contributed by atoms with Crippen LogP contribution in [0.15, 0.2) is 23.6 Å². The fourth-order valence-corrected chi connectivity index (χ4v) is 3.48. The van der Waals surface area contributed by atoms with E-state index in [4.69, 9.17) is 9.47 Å². The van der Waals surface area contributed by atoms with Crippen LogP contribution in [0.1, 0.15) is 47.7 Å². The molecular weight excluding hydrogens is 390 g/mol. The highest BCUT2D eigenvalue weighted by molar-refractivity contribution is 7.09. The number of hydrogen-bond donors (Lipinski definition) is 2. The Hall–Kier alpha value is -2.61. The Kier molecular flexibility index (Phi) is 8.92. The van der Waals surface area contributed by atoms with E-state index in [1.807, 2.05) is 20.8 Å². The molecule has 2 N–H and O–H groups in total. The van der Waals surface area contributed by atoms with Crippen LogP contribution >= 0.6 is 11.3 Å². The summed E-state index contributed by atoms with van der Waals surface area (Å²) < 4.78 is 10.8. The summed E-state index contributed by atoms with van der Waals surface area (Å²) >= 11 is 1.68. The van der Waals surface area contributed by atoms with Crippen LogP contribution < -0.4 is 20.1 Å². The van der Waals surface area contributed by atoms with Gasteiger partial charge in [0.25, 0.3) is 11.8 Å². The topological polar surface area (TPSA) is 89.6 Å². The van der Waals surface area contributed by atoms with Gasteiger partial charge in [-0.3, -0.25) is 9.59 Å². The molecule has 0 atom stereocenters. The molecule has 0 spiro atoms. The summed E-state index contributed by atoms with van der Waals surface area (Å²) in [4.78, 5) is 28.5. The highest BCUT2D eigenvalue weighted by Gasteiger charge is 2.12. The molecule has 0 aliphatic heterocycles. The van der Waals surface area contributed by atoms with Gasteiger partial charge in [0.15, 0.2) is 18.1 Å². The average Bonchev–Trinajstić information content (AvgIpc) is 3.10. The van der Waals surface area contributed by atoms with Crippen LogP contribution in [0.25, 0.3) is 0 Å². The van der Waals surface area contributed by atoms with E-state index in [9.17, 15) is 9.59 Å². The lowest BCUT2D eigenvalue weighted by atomic mass is 10.1. The van der Waals surface area contributed by atoms with Crippen molar-refractivity contribution in [2.75, 3.05) is 20.3 Å². The zero-order chi connectivity index (χ0) is 21.2. The lowest BCUT2D eigenvalue weighted by Crippen LogP contribution is -2.34. The summed E-state index contributed by atoms with van der Waals surface area (Å²) in [5.41, 5.74) is 1.54. The number of carbonyl (C=O) groups excluding carboxylic acids is 2. The summed E-state index contributed by atoms with van der Waals surface area (Å²) in [6.45, 7) is 6.24. The van der Waals surface area contributed by atoms with Crippen molar-refractivity contribution in [3.05, 3.63) is 39.8 Å². The third-order valence-electron chi connectivity index (χ3n) is 4.00. The Morgan fingerprint density at radius 2 is 2.00 bits per heavy atom. The maximum atomic E-state index is 12.4. The van der Waals surface area contributed by atoms with Crippen LogP contribution in [-0.4, -0.2) is 43.1 Å². The molecule has 29 heavy (non-hydrogen) atoms. The number of carbonyl (C=O) groups is 2. The first-order chi connectivity index (χ1) is 13.9. The molecule has 2 amide bonds. The van der Waals surface area contributed by atoms with E-state index < -0.39 is 0 Å². The standard InChI is InChI=1S/C21H29N3O4S/c1-14(2)23-19(25)12-28-17-9-8-16(11-18(17)27-4)21(26)22-10-6-5-7-20-24-15(3)13-29-20/h8-9,11,13-14H,5-7,10,12H2,1-4H3,(H,22,26)(H,23,25). The smallest absolute Gasteiger partial charge is 0.258 e. The van der Waals surface area contributed by atoms with E-state index in [0.29, 0.717) is 23.6 Å². The minimum Gasteiger partial charge on any atom is -0.493 e. The van der Waals surface area contributed by atoms with Gasteiger partial charge >= 0.3 is 0 Å². The summed E-state index contributed by atoms with van der Waals surface area (Å²) in [6, 6.07) is 4.96. The van der Waals surface area contributed by atoms with E-state index in [1.54, 1.807) is 29.5 Å². The second-order valence-electron chi connectivity index (χ2n) is 6.97. The van der Waals surface area contributed by atoms with Gasteiger partial charge in [0, 0.05) is 29.2 Å². The van der Waals surface area contributed by atoms with Gasteiger partial charge in [-0.2, -0.15) is 0 Å². The van der Waals surface area contributed by atoms with Crippen LogP contribution in [-0.2, 0) is 11.2 Å². The van der Waals surface area contributed by atoms with Gasteiger partial charge in [-0.05, 0) is 58.2 Å². The second-order valence-corrected chi connectivity index (χ2v) is 7.91. The number of nitrogens with one attached hydrogen (secondary N) is 2. The minimum absolute atomic E-state index is 0.0461. The van der Waals surface area contributed by atoms with Crippen LogP contribution in [0.5, 0.6) is 11.5 Å². The van der Waals surface area contributed by atoms with E-state index >= 15 is 0 Å². The van der Waals surface area contributed by atoms with Crippen molar-refractivity contribution in [1.29, 1.82) is 0 Å². The van der Waals surface area contributed by atoms with Crippen molar-refractivity contribution < 1.29 is 19.1 Å². The second kappa shape index (κ2) is 11.4. The highest BCUT2D eigenvalue weighted by atomic mass is 32.1. The Morgan fingerprint density at radius 1 is 1.21 bits per heavy atom. The number of hydrogen-bond acceptors (Lipinski definition) is 6. The zero-order valence-electron chi connectivity index (χ0n) is 17.4. The molecule has 0 saturated carbocycles. The largest absolute Gasteiger partial charge is 0.493 e. The zero-order valence-corrected chi connectivity index (χ0v) is 18.2.